The zero-order valence-electron chi connectivity index (χ0n) is 17.6. The van der Waals surface area contributed by atoms with Gasteiger partial charge in [-0.15, -0.1) is 11.3 Å². The first-order valence-corrected chi connectivity index (χ1v) is 11.3. The molecule has 0 spiro atoms. The highest BCUT2D eigenvalue weighted by molar-refractivity contribution is 7.15. The number of imide groups is 1. The number of carbonyl (C=O) groups excluding carboxylic acids is 3. The van der Waals surface area contributed by atoms with E-state index >= 15 is 0 Å². The number of rotatable bonds is 6. The van der Waals surface area contributed by atoms with E-state index in [-0.39, 0.29) is 18.2 Å². The number of nitrogens with zero attached hydrogens (tertiary/aromatic N) is 3. The third-order valence-electron chi connectivity index (χ3n) is 5.81. The topological polar surface area (TPSA) is 116 Å². The number of thiazole rings is 1. The Morgan fingerprint density at radius 1 is 1.23 bits per heavy atom. The lowest BCUT2D eigenvalue weighted by atomic mass is 9.92. The molecule has 9 nitrogen and oxygen atoms in total. The minimum Gasteiger partial charge on any atom is -0.343 e. The second-order valence-corrected chi connectivity index (χ2v) is 9.15. The molecule has 164 valence electrons. The fraction of sp³-hybridized carbons (Fsp3) is 0.476. The van der Waals surface area contributed by atoms with E-state index in [0.717, 1.165) is 35.2 Å². The lowest BCUT2D eigenvalue weighted by molar-refractivity contribution is -0.132. The second kappa shape index (κ2) is 9.01. The Kier molecular flexibility index (Phi) is 6.17. The third-order valence-corrected chi connectivity index (χ3v) is 6.79. The lowest BCUT2D eigenvalue weighted by Gasteiger charge is -2.32. The number of aromatic nitrogens is 2. The molecule has 0 radical (unpaired) electrons. The largest absolute Gasteiger partial charge is 0.343 e. The molecule has 2 aromatic rings. The van der Waals surface area contributed by atoms with Gasteiger partial charge in [0, 0.05) is 36.0 Å². The van der Waals surface area contributed by atoms with Gasteiger partial charge in [0.15, 0.2) is 5.13 Å². The summed E-state index contributed by atoms with van der Waals surface area (Å²) in [6.45, 7) is 5.37. The van der Waals surface area contributed by atoms with Gasteiger partial charge < -0.3 is 15.5 Å². The van der Waals surface area contributed by atoms with E-state index < -0.39 is 12.1 Å². The average molecular weight is 443 g/mol. The number of nitrogens with one attached hydrogen (secondary N) is 3. The molecule has 31 heavy (non-hydrogen) atoms. The maximum Gasteiger partial charge on any atom is 0.322 e. The van der Waals surface area contributed by atoms with Crippen LogP contribution in [0, 0.1) is 13.8 Å². The molecule has 2 fully saturated rings. The molecule has 0 aromatic carbocycles. The molecule has 1 atom stereocenters. The van der Waals surface area contributed by atoms with E-state index in [1.165, 1.54) is 4.88 Å². The summed E-state index contributed by atoms with van der Waals surface area (Å²) in [5.74, 6) is 0.733. The normalized spacial score (nSPS) is 19.3. The smallest absolute Gasteiger partial charge is 0.322 e. The van der Waals surface area contributed by atoms with Crippen LogP contribution >= 0.6 is 11.3 Å². The summed E-state index contributed by atoms with van der Waals surface area (Å²) in [6, 6.07) is 4.86. The Balaban J connectivity index is 1.29. The van der Waals surface area contributed by atoms with Crippen LogP contribution < -0.4 is 16.0 Å². The summed E-state index contributed by atoms with van der Waals surface area (Å²) in [5.41, 5.74) is 2.05. The quantitative estimate of drug-likeness (QED) is 0.592. The van der Waals surface area contributed by atoms with E-state index in [1.54, 1.807) is 11.3 Å². The Bertz CT molecular complexity index is 979. The van der Waals surface area contributed by atoms with Crippen LogP contribution in [0.5, 0.6) is 0 Å². The van der Waals surface area contributed by atoms with Gasteiger partial charge in [0.1, 0.15) is 11.9 Å². The van der Waals surface area contributed by atoms with Crippen LogP contribution in [0.1, 0.15) is 47.9 Å². The predicted octanol–water partition coefficient (Wildman–Crippen LogP) is 2.59. The van der Waals surface area contributed by atoms with Crippen molar-refractivity contribution in [2.75, 3.05) is 18.4 Å². The molecule has 0 saturated carbocycles. The van der Waals surface area contributed by atoms with Crippen molar-refractivity contribution in [3.8, 4) is 0 Å². The van der Waals surface area contributed by atoms with Gasteiger partial charge in [0.2, 0.25) is 5.91 Å². The number of anilines is 2. The van der Waals surface area contributed by atoms with E-state index in [4.69, 9.17) is 4.98 Å². The van der Waals surface area contributed by atoms with E-state index in [2.05, 4.69) is 27.9 Å². The molecule has 4 rings (SSSR count). The van der Waals surface area contributed by atoms with Crippen molar-refractivity contribution < 1.29 is 14.4 Å². The Hall–Kier alpha value is -3.01. The monoisotopic (exact) mass is 442 g/mol. The highest BCUT2D eigenvalue weighted by Crippen LogP contribution is 2.29. The highest BCUT2D eigenvalue weighted by Gasteiger charge is 2.31. The van der Waals surface area contributed by atoms with Crippen LogP contribution in [0.4, 0.5) is 15.7 Å². The predicted molar refractivity (Wildman–Crippen MR) is 117 cm³/mol. The fourth-order valence-electron chi connectivity index (χ4n) is 3.90. The SMILES string of the molecule is Cc1nc(Nc2cccc(C3CCN(C(=O)CC[C@@H]4NC(=O)NC4=O)CC3)n2)sc1C. The third kappa shape index (κ3) is 5.01. The van der Waals surface area contributed by atoms with Crippen LogP contribution in [-0.4, -0.2) is 51.8 Å². The molecule has 3 N–H and O–H groups in total. The molecular formula is C21H26N6O3S. The molecule has 10 heteroatoms. The molecular weight excluding hydrogens is 416 g/mol. The molecule has 2 saturated heterocycles. The zero-order chi connectivity index (χ0) is 22.0. The second-order valence-electron chi connectivity index (χ2n) is 7.94. The van der Waals surface area contributed by atoms with Gasteiger partial charge in [0.25, 0.3) is 5.91 Å². The number of piperidine rings is 1. The maximum absolute atomic E-state index is 12.5. The fourth-order valence-corrected chi connectivity index (χ4v) is 4.72. The number of likely N-dealkylation sites (tertiary alicyclic amines) is 1. The lowest BCUT2D eigenvalue weighted by Crippen LogP contribution is -2.39. The van der Waals surface area contributed by atoms with Gasteiger partial charge >= 0.3 is 6.03 Å². The van der Waals surface area contributed by atoms with Crippen LogP contribution in [0.3, 0.4) is 0 Å². The van der Waals surface area contributed by atoms with Gasteiger partial charge in [-0.1, -0.05) is 6.07 Å². The van der Waals surface area contributed by atoms with Crippen molar-refractivity contribution in [2.45, 2.75) is 51.5 Å². The maximum atomic E-state index is 12.5. The van der Waals surface area contributed by atoms with Gasteiger partial charge in [0.05, 0.1) is 5.69 Å². The number of hydrogen-bond donors (Lipinski definition) is 3. The van der Waals surface area contributed by atoms with Gasteiger partial charge in [-0.25, -0.2) is 14.8 Å². The zero-order valence-corrected chi connectivity index (χ0v) is 18.4. The van der Waals surface area contributed by atoms with Gasteiger partial charge in [-0.05, 0) is 45.2 Å². The summed E-state index contributed by atoms with van der Waals surface area (Å²) >= 11 is 1.61. The summed E-state index contributed by atoms with van der Waals surface area (Å²) < 4.78 is 0. The standard InChI is InChI=1S/C21H26N6O3S/c1-12-13(2)31-21(22-12)25-17-5-3-4-15(23-17)14-8-10-27(11-9-14)18(28)7-6-16-19(29)26-20(30)24-16/h3-5,14,16H,6-11H2,1-2H3,(H,22,23,25)(H2,24,26,29,30)/t16-/m0/s1. The number of hydrogen-bond acceptors (Lipinski definition) is 7. The van der Waals surface area contributed by atoms with Crippen molar-refractivity contribution in [1.29, 1.82) is 0 Å². The van der Waals surface area contributed by atoms with Crippen molar-refractivity contribution >= 4 is 40.1 Å². The van der Waals surface area contributed by atoms with Gasteiger partial charge in [-0.2, -0.15) is 0 Å². The Morgan fingerprint density at radius 3 is 2.65 bits per heavy atom. The van der Waals surface area contributed by atoms with E-state index in [0.29, 0.717) is 25.4 Å². The Morgan fingerprint density at radius 2 is 2.00 bits per heavy atom. The molecule has 4 heterocycles. The van der Waals surface area contributed by atoms with Crippen molar-refractivity contribution in [2.24, 2.45) is 0 Å². The number of carbonyl (C=O) groups is 3. The summed E-state index contributed by atoms with van der Waals surface area (Å²) in [6.07, 6.45) is 2.26. The van der Waals surface area contributed by atoms with Crippen LogP contribution in [0.25, 0.3) is 0 Å². The van der Waals surface area contributed by atoms with Crippen LogP contribution in [-0.2, 0) is 9.59 Å². The number of aryl methyl sites for hydroxylation is 2. The van der Waals surface area contributed by atoms with Gasteiger partial charge in [-0.3, -0.25) is 14.9 Å². The first-order chi connectivity index (χ1) is 14.9. The number of pyridine rings is 1. The first-order valence-electron chi connectivity index (χ1n) is 10.5. The van der Waals surface area contributed by atoms with Crippen molar-refractivity contribution in [3.63, 3.8) is 0 Å². The summed E-state index contributed by atoms with van der Waals surface area (Å²) in [4.78, 5) is 47.6. The molecule has 0 unspecified atom stereocenters. The highest BCUT2D eigenvalue weighted by atomic mass is 32.1. The van der Waals surface area contributed by atoms with Crippen LogP contribution in [0.2, 0.25) is 0 Å². The molecule has 0 aliphatic carbocycles. The molecule has 2 aliphatic rings. The molecule has 2 aromatic heterocycles. The van der Waals surface area contributed by atoms with Crippen molar-refractivity contribution in [3.05, 3.63) is 34.5 Å². The van der Waals surface area contributed by atoms with Crippen LogP contribution in [0.15, 0.2) is 18.2 Å². The summed E-state index contributed by atoms with van der Waals surface area (Å²) in [5, 5.41) is 8.85. The van der Waals surface area contributed by atoms with E-state index in [9.17, 15) is 14.4 Å². The summed E-state index contributed by atoms with van der Waals surface area (Å²) in [7, 11) is 0. The minimum atomic E-state index is -0.612. The molecule has 2 aliphatic heterocycles. The van der Waals surface area contributed by atoms with E-state index in [1.807, 2.05) is 30.0 Å². The average Bonchev–Trinajstić information content (AvgIpc) is 3.25. The molecule has 0 bridgehead atoms. The number of amides is 4. The first kappa shape index (κ1) is 21.2. The number of urea groups is 1. The van der Waals surface area contributed by atoms with Crippen molar-refractivity contribution in [1.82, 2.24) is 25.5 Å². The minimum absolute atomic E-state index is 0.0188. The molecule has 4 amide bonds. The Labute approximate surface area is 184 Å².